The lowest BCUT2D eigenvalue weighted by atomic mass is 10.1. The smallest absolute Gasteiger partial charge is 0.416 e. The summed E-state index contributed by atoms with van der Waals surface area (Å²) in [5.74, 6) is -1.52. The second-order valence-electron chi connectivity index (χ2n) is 5.18. The molecule has 0 atom stereocenters. The van der Waals surface area contributed by atoms with Crippen molar-refractivity contribution < 1.29 is 27.5 Å². The number of hydrogen-bond donors (Lipinski definition) is 1. The lowest BCUT2D eigenvalue weighted by Crippen LogP contribution is -2.21. The number of hydrogen-bond acceptors (Lipinski definition) is 3. The molecule has 2 rings (SSSR count). The molecule has 0 spiro atoms. The van der Waals surface area contributed by atoms with Gasteiger partial charge in [0.25, 0.3) is 5.91 Å². The van der Waals surface area contributed by atoms with Crippen LogP contribution in [-0.2, 0) is 15.7 Å². The van der Waals surface area contributed by atoms with E-state index < -0.39 is 30.2 Å². The predicted octanol–water partition coefficient (Wildman–Crippen LogP) is 4.46. The number of esters is 1. The molecule has 25 heavy (non-hydrogen) atoms. The van der Waals surface area contributed by atoms with E-state index in [9.17, 15) is 22.8 Å². The van der Waals surface area contributed by atoms with E-state index in [1.54, 1.807) is 18.2 Å². The number of amides is 1. The summed E-state index contributed by atoms with van der Waals surface area (Å²) in [6.45, 7) is 1.24. The summed E-state index contributed by atoms with van der Waals surface area (Å²) in [6.07, 6.45) is -4.49. The number of rotatable bonds is 4. The minimum absolute atomic E-state index is 0.0887. The van der Waals surface area contributed by atoms with Crippen LogP contribution in [0.4, 0.5) is 18.9 Å². The van der Waals surface area contributed by atoms with E-state index in [-0.39, 0.29) is 5.56 Å². The lowest BCUT2D eigenvalue weighted by Gasteiger charge is -2.09. The quantitative estimate of drug-likeness (QED) is 0.807. The van der Waals surface area contributed by atoms with Crippen LogP contribution in [0.25, 0.3) is 0 Å². The van der Waals surface area contributed by atoms with Gasteiger partial charge >= 0.3 is 12.1 Å². The first kappa shape index (κ1) is 18.8. The van der Waals surface area contributed by atoms with Crippen molar-refractivity contribution in [2.24, 2.45) is 0 Å². The van der Waals surface area contributed by atoms with Crippen LogP contribution in [0.2, 0.25) is 5.02 Å². The van der Waals surface area contributed by atoms with Crippen LogP contribution in [0.15, 0.2) is 42.5 Å². The second kappa shape index (κ2) is 7.57. The van der Waals surface area contributed by atoms with E-state index in [0.717, 1.165) is 29.8 Å². The average Bonchev–Trinajstić information content (AvgIpc) is 2.54. The molecule has 0 aliphatic rings. The van der Waals surface area contributed by atoms with Gasteiger partial charge in [0.1, 0.15) is 0 Å². The Hall–Kier alpha value is -2.54. The zero-order valence-electron chi connectivity index (χ0n) is 13.0. The summed E-state index contributed by atoms with van der Waals surface area (Å²) in [5, 5.41) is 2.81. The van der Waals surface area contributed by atoms with Crippen LogP contribution in [0.3, 0.4) is 0 Å². The highest BCUT2D eigenvalue weighted by molar-refractivity contribution is 6.33. The van der Waals surface area contributed by atoms with Gasteiger partial charge in [-0.05, 0) is 48.9 Å². The molecule has 8 heteroatoms. The van der Waals surface area contributed by atoms with Crippen molar-refractivity contribution in [1.29, 1.82) is 0 Å². The molecule has 132 valence electrons. The van der Waals surface area contributed by atoms with Gasteiger partial charge in [0.2, 0.25) is 0 Å². The molecular weight excluding hydrogens is 359 g/mol. The maximum absolute atomic E-state index is 12.5. The molecule has 0 aromatic heterocycles. The monoisotopic (exact) mass is 371 g/mol. The topological polar surface area (TPSA) is 55.4 Å². The molecule has 0 fully saturated rings. The van der Waals surface area contributed by atoms with E-state index >= 15 is 0 Å². The van der Waals surface area contributed by atoms with Crippen molar-refractivity contribution in [3.8, 4) is 0 Å². The fourth-order valence-corrected chi connectivity index (χ4v) is 2.20. The third-order valence-electron chi connectivity index (χ3n) is 3.18. The number of carbonyl (C=O) groups is 2. The third-order valence-corrected chi connectivity index (χ3v) is 3.49. The van der Waals surface area contributed by atoms with Crippen LogP contribution in [0.1, 0.15) is 21.5 Å². The van der Waals surface area contributed by atoms with Crippen molar-refractivity contribution in [3.05, 3.63) is 64.2 Å². The molecular formula is C17H13ClF3NO3. The molecule has 2 aromatic rings. The SMILES string of the molecule is Cc1ccc(NC(=O)COC(=O)c2ccc(C(F)(F)F)cc2)c(Cl)c1. The van der Waals surface area contributed by atoms with Gasteiger partial charge in [-0.15, -0.1) is 0 Å². The number of ether oxygens (including phenoxy) is 1. The summed E-state index contributed by atoms with van der Waals surface area (Å²) < 4.78 is 42.2. The molecule has 0 bridgehead atoms. The largest absolute Gasteiger partial charge is 0.452 e. The van der Waals surface area contributed by atoms with Gasteiger partial charge in [0.15, 0.2) is 6.61 Å². The number of anilines is 1. The Morgan fingerprint density at radius 3 is 2.32 bits per heavy atom. The summed E-state index contributed by atoms with van der Waals surface area (Å²) in [7, 11) is 0. The molecule has 1 amide bonds. The number of benzene rings is 2. The molecule has 0 saturated heterocycles. The minimum atomic E-state index is -4.49. The summed E-state index contributed by atoms with van der Waals surface area (Å²) >= 11 is 5.97. The zero-order valence-corrected chi connectivity index (χ0v) is 13.7. The van der Waals surface area contributed by atoms with E-state index in [2.05, 4.69) is 5.32 Å². The molecule has 0 aliphatic heterocycles. The lowest BCUT2D eigenvalue weighted by molar-refractivity contribution is -0.137. The van der Waals surface area contributed by atoms with Crippen LogP contribution in [0, 0.1) is 6.92 Å². The molecule has 0 saturated carbocycles. The van der Waals surface area contributed by atoms with Crippen LogP contribution in [0.5, 0.6) is 0 Å². The Morgan fingerprint density at radius 2 is 1.76 bits per heavy atom. The number of halogens is 4. The van der Waals surface area contributed by atoms with Gasteiger partial charge in [0.05, 0.1) is 21.8 Å². The van der Waals surface area contributed by atoms with Crippen LogP contribution in [-0.4, -0.2) is 18.5 Å². The van der Waals surface area contributed by atoms with Crippen molar-refractivity contribution in [1.82, 2.24) is 0 Å². The number of aryl methyl sites for hydroxylation is 1. The standard InChI is InChI=1S/C17H13ClF3NO3/c1-10-2-7-14(13(18)8-10)22-15(23)9-25-16(24)11-3-5-12(6-4-11)17(19,20)21/h2-8H,9H2,1H3,(H,22,23). The van der Waals surface area contributed by atoms with Crippen LogP contribution < -0.4 is 5.32 Å². The first-order valence-corrected chi connectivity index (χ1v) is 7.45. The normalized spacial score (nSPS) is 11.1. The van der Waals surface area contributed by atoms with Gasteiger partial charge in [-0.1, -0.05) is 17.7 Å². The first-order valence-electron chi connectivity index (χ1n) is 7.07. The molecule has 0 unspecified atom stereocenters. The minimum Gasteiger partial charge on any atom is -0.452 e. The van der Waals surface area contributed by atoms with Gasteiger partial charge in [-0.25, -0.2) is 4.79 Å². The Bertz CT molecular complexity index is 789. The molecule has 4 nitrogen and oxygen atoms in total. The summed E-state index contributed by atoms with van der Waals surface area (Å²) in [4.78, 5) is 23.5. The average molecular weight is 372 g/mol. The highest BCUT2D eigenvalue weighted by Crippen LogP contribution is 2.29. The Balaban J connectivity index is 1.92. The third kappa shape index (κ3) is 5.22. The van der Waals surface area contributed by atoms with Crippen molar-refractivity contribution in [3.63, 3.8) is 0 Å². The van der Waals surface area contributed by atoms with Gasteiger partial charge in [-0.2, -0.15) is 13.2 Å². The first-order chi connectivity index (χ1) is 11.7. The Morgan fingerprint density at radius 1 is 1.12 bits per heavy atom. The van der Waals surface area contributed by atoms with E-state index in [1.807, 2.05) is 6.92 Å². The Labute approximate surface area is 146 Å². The molecule has 0 radical (unpaired) electrons. The van der Waals surface area contributed by atoms with Crippen molar-refractivity contribution in [2.75, 3.05) is 11.9 Å². The molecule has 0 heterocycles. The summed E-state index contributed by atoms with van der Waals surface area (Å²) in [6, 6.07) is 8.51. The Kier molecular flexibility index (Phi) is 5.69. The number of nitrogens with one attached hydrogen (secondary N) is 1. The van der Waals surface area contributed by atoms with Crippen molar-refractivity contribution in [2.45, 2.75) is 13.1 Å². The van der Waals surface area contributed by atoms with Crippen molar-refractivity contribution >= 4 is 29.2 Å². The molecule has 2 aromatic carbocycles. The zero-order chi connectivity index (χ0) is 18.6. The fraction of sp³-hybridized carbons (Fsp3) is 0.176. The molecule has 1 N–H and O–H groups in total. The van der Waals surface area contributed by atoms with E-state index in [0.29, 0.717) is 10.7 Å². The van der Waals surface area contributed by atoms with Gasteiger partial charge < -0.3 is 10.1 Å². The van der Waals surface area contributed by atoms with Gasteiger partial charge in [0, 0.05) is 0 Å². The highest BCUT2D eigenvalue weighted by Gasteiger charge is 2.30. The van der Waals surface area contributed by atoms with E-state index in [1.165, 1.54) is 0 Å². The van der Waals surface area contributed by atoms with E-state index in [4.69, 9.17) is 16.3 Å². The fourth-order valence-electron chi connectivity index (χ4n) is 1.92. The maximum atomic E-state index is 12.5. The predicted molar refractivity (Wildman–Crippen MR) is 86.5 cm³/mol. The van der Waals surface area contributed by atoms with Gasteiger partial charge in [-0.3, -0.25) is 4.79 Å². The highest BCUT2D eigenvalue weighted by atomic mass is 35.5. The number of alkyl halides is 3. The summed E-state index contributed by atoms with van der Waals surface area (Å²) in [5.41, 5.74) is 0.310. The maximum Gasteiger partial charge on any atom is 0.416 e. The molecule has 0 aliphatic carbocycles. The number of carbonyl (C=O) groups excluding carboxylic acids is 2. The van der Waals surface area contributed by atoms with Crippen LogP contribution >= 0.6 is 11.6 Å². The second-order valence-corrected chi connectivity index (χ2v) is 5.59.